The van der Waals surface area contributed by atoms with Crippen LogP contribution in [0.15, 0.2) is 17.2 Å². The number of aryl methyl sites for hydroxylation is 4. The maximum Gasteiger partial charge on any atom is 0.333 e. The summed E-state index contributed by atoms with van der Waals surface area (Å²) in [5.74, 6) is 0. The molecule has 26 heavy (non-hydrogen) atoms. The molecule has 0 spiro atoms. The van der Waals surface area contributed by atoms with Crippen LogP contribution in [0.25, 0.3) is 0 Å². The Bertz CT molecular complexity index is 976. The molecule has 1 aromatic heterocycles. The van der Waals surface area contributed by atoms with Crippen LogP contribution < -0.4 is 10.0 Å². The zero-order valence-corrected chi connectivity index (χ0v) is 15.7. The second-order valence-corrected chi connectivity index (χ2v) is 8.70. The van der Waals surface area contributed by atoms with Gasteiger partial charge in [0.05, 0.1) is 5.69 Å². The van der Waals surface area contributed by atoms with E-state index in [1.165, 1.54) is 22.0 Å². The summed E-state index contributed by atoms with van der Waals surface area (Å²) in [6.07, 6.45) is 7.42. The zero-order valence-electron chi connectivity index (χ0n) is 14.9. The Kier molecular flexibility index (Phi) is 4.02. The Morgan fingerprint density at radius 2 is 1.73 bits per heavy atom. The lowest BCUT2D eigenvalue weighted by Crippen LogP contribution is -2.35. The lowest BCUT2D eigenvalue weighted by molar-refractivity contribution is 0.256. The van der Waals surface area contributed by atoms with Crippen LogP contribution in [-0.4, -0.2) is 24.2 Å². The third kappa shape index (κ3) is 2.88. The quantitative estimate of drug-likeness (QED) is 0.861. The SMILES string of the molecule is Cc1nn(C)cc1S(=O)(=O)NC(=O)Nc1c2c(cc3c1CCC3)CCC2. The average molecular weight is 374 g/mol. The number of nitrogens with zero attached hydrogens (tertiary/aromatic N) is 2. The van der Waals surface area contributed by atoms with Gasteiger partial charge in [-0.15, -0.1) is 0 Å². The third-order valence-corrected chi connectivity index (χ3v) is 6.63. The van der Waals surface area contributed by atoms with E-state index in [0.29, 0.717) is 5.69 Å². The molecule has 2 amide bonds. The standard InChI is InChI=1S/C18H22N4O3S/c1-11-16(10-22(2)20-11)26(24,25)21-18(23)19-17-14-7-3-5-12(14)9-13-6-4-8-15(13)17/h9-10H,3-8H2,1-2H3,(H2,19,21,23). The highest BCUT2D eigenvalue weighted by atomic mass is 32.2. The lowest BCUT2D eigenvalue weighted by atomic mass is 9.99. The molecule has 0 saturated heterocycles. The molecule has 8 heteroatoms. The van der Waals surface area contributed by atoms with Crippen molar-refractivity contribution in [3.8, 4) is 0 Å². The molecule has 2 N–H and O–H groups in total. The van der Waals surface area contributed by atoms with Crippen LogP contribution in [0.3, 0.4) is 0 Å². The van der Waals surface area contributed by atoms with Gasteiger partial charge in [0, 0.05) is 18.9 Å². The number of hydrogen-bond donors (Lipinski definition) is 2. The van der Waals surface area contributed by atoms with Crippen LogP contribution in [0, 0.1) is 6.92 Å². The number of benzene rings is 1. The van der Waals surface area contributed by atoms with E-state index in [4.69, 9.17) is 0 Å². The summed E-state index contributed by atoms with van der Waals surface area (Å²) in [6.45, 7) is 1.60. The predicted molar refractivity (Wildman–Crippen MR) is 97.8 cm³/mol. The fourth-order valence-electron chi connectivity index (χ4n) is 4.12. The zero-order chi connectivity index (χ0) is 18.5. The van der Waals surface area contributed by atoms with Gasteiger partial charge in [0.1, 0.15) is 4.90 Å². The third-order valence-electron chi connectivity index (χ3n) is 5.20. The van der Waals surface area contributed by atoms with E-state index in [-0.39, 0.29) is 4.90 Å². The largest absolute Gasteiger partial charge is 0.333 e. The molecule has 0 fully saturated rings. The summed E-state index contributed by atoms with van der Waals surface area (Å²) < 4.78 is 28.6. The molecule has 0 unspecified atom stereocenters. The van der Waals surface area contributed by atoms with Crippen molar-refractivity contribution in [2.45, 2.75) is 50.3 Å². The first-order chi connectivity index (χ1) is 12.3. The highest BCUT2D eigenvalue weighted by Crippen LogP contribution is 2.38. The number of hydrogen-bond acceptors (Lipinski definition) is 4. The number of aromatic nitrogens is 2. The van der Waals surface area contributed by atoms with E-state index >= 15 is 0 Å². The van der Waals surface area contributed by atoms with Gasteiger partial charge in [0.15, 0.2) is 0 Å². The number of anilines is 1. The molecule has 0 aliphatic heterocycles. The van der Waals surface area contributed by atoms with E-state index in [9.17, 15) is 13.2 Å². The topological polar surface area (TPSA) is 93.1 Å². The summed E-state index contributed by atoms with van der Waals surface area (Å²) in [5.41, 5.74) is 6.07. The maximum atomic E-state index is 12.5. The van der Waals surface area contributed by atoms with Gasteiger partial charge in [-0.2, -0.15) is 5.10 Å². The molecule has 0 radical (unpaired) electrons. The summed E-state index contributed by atoms with van der Waals surface area (Å²) in [4.78, 5) is 12.5. The van der Waals surface area contributed by atoms with Crippen LogP contribution >= 0.6 is 0 Å². The summed E-state index contributed by atoms with van der Waals surface area (Å²) in [5, 5.41) is 6.87. The van der Waals surface area contributed by atoms with Crippen molar-refractivity contribution in [3.63, 3.8) is 0 Å². The first kappa shape index (κ1) is 17.1. The van der Waals surface area contributed by atoms with Crippen LogP contribution in [-0.2, 0) is 42.8 Å². The van der Waals surface area contributed by atoms with Crippen molar-refractivity contribution < 1.29 is 13.2 Å². The summed E-state index contributed by atoms with van der Waals surface area (Å²) >= 11 is 0. The molecule has 1 aromatic carbocycles. The van der Waals surface area contributed by atoms with Crippen molar-refractivity contribution in [3.05, 3.63) is 40.2 Å². The van der Waals surface area contributed by atoms with Crippen LogP contribution in [0.2, 0.25) is 0 Å². The van der Waals surface area contributed by atoms with Gasteiger partial charge in [-0.3, -0.25) is 4.68 Å². The fourth-order valence-corrected chi connectivity index (χ4v) is 5.25. The number of fused-ring (bicyclic) bond motifs is 2. The van der Waals surface area contributed by atoms with Gasteiger partial charge in [-0.25, -0.2) is 17.9 Å². The van der Waals surface area contributed by atoms with Crippen molar-refractivity contribution in [1.82, 2.24) is 14.5 Å². The van der Waals surface area contributed by atoms with Gasteiger partial charge < -0.3 is 5.32 Å². The minimum absolute atomic E-state index is 0.0127. The van der Waals surface area contributed by atoms with E-state index in [0.717, 1.165) is 55.3 Å². The second-order valence-electron chi connectivity index (χ2n) is 7.05. The molecule has 0 saturated carbocycles. The number of rotatable bonds is 3. The molecular formula is C18H22N4O3S. The highest BCUT2D eigenvalue weighted by molar-refractivity contribution is 7.90. The molecule has 1 heterocycles. The van der Waals surface area contributed by atoms with E-state index < -0.39 is 16.1 Å². The first-order valence-corrected chi connectivity index (χ1v) is 10.3. The predicted octanol–water partition coefficient (Wildman–Crippen LogP) is 2.22. The van der Waals surface area contributed by atoms with Crippen molar-refractivity contribution in [2.24, 2.45) is 7.05 Å². The molecule has 4 rings (SSSR count). The Labute approximate surface area is 152 Å². The molecule has 2 aromatic rings. The Morgan fingerprint density at radius 1 is 1.12 bits per heavy atom. The minimum atomic E-state index is -3.96. The van der Waals surface area contributed by atoms with Crippen molar-refractivity contribution in [2.75, 3.05) is 5.32 Å². The van der Waals surface area contributed by atoms with Crippen molar-refractivity contribution in [1.29, 1.82) is 0 Å². The molecule has 0 atom stereocenters. The van der Waals surface area contributed by atoms with E-state index in [2.05, 4.69) is 21.2 Å². The highest BCUT2D eigenvalue weighted by Gasteiger charge is 2.27. The Hall–Kier alpha value is -2.35. The maximum absolute atomic E-state index is 12.5. The number of sulfonamides is 1. The number of carbonyl (C=O) groups is 1. The van der Waals surface area contributed by atoms with Crippen LogP contribution in [0.1, 0.15) is 40.8 Å². The van der Waals surface area contributed by atoms with Crippen LogP contribution in [0.4, 0.5) is 10.5 Å². The van der Waals surface area contributed by atoms with Gasteiger partial charge in [-0.1, -0.05) is 6.07 Å². The molecule has 7 nitrogen and oxygen atoms in total. The second kappa shape index (κ2) is 6.12. The van der Waals surface area contributed by atoms with Gasteiger partial charge in [-0.05, 0) is 67.7 Å². The number of amides is 2. The molecular weight excluding hydrogens is 352 g/mol. The number of urea groups is 1. The minimum Gasteiger partial charge on any atom is -0.307 e. The lowest BCUT2D eigenvalue weighted by Gasteiger charge is -2.16. The normalized spacial score (nSPS) is 15.6. The number of carbonyl (C=O) groups excluding carboxylic acids is 1. The van der Waals surface area contributed by atoms with Crippen LogP contribution in [0.5, 0.6) is 0 Å². The summed E-state index contributed by atoms with van der Waals surface area (Å²) in [7, 11) is -2.32. The van der Waals surface area contributed by atoms with E-state index in [1.54, 1.807) is 14.0 Å². The molecule has 0 bridgehead atoms. The first-order valence-electron chi connectivity index (χ1n) is 8.85. The van der Waals surface area contributed by atoms with Gasteiger partial charge in [0.2, 0.25) is 0 Å². The Balaban J connectivity index is 1.61. The van der Waals surface area contributed by atoms with Crippen molar-refractivity contribution >= 4 is 21.7 Å². The molecule has 2 aliphatic rings. The smallest absolute Gasteiger partial charge is 0.307 e. The number of nitrogens with one attached hydrogen (secondary N) is 2. The average Bonchev–Trinajstić information content (AvgIpc) is 3.26. The van der Waals surface area contributed by atoms with Gasteiger partial charge >= 0.3 is 6.03 Å². The Morgan fingerprint density at radius 3 is 2.27 bits per heavy atom. The van der Waals surface area contributed by atoms with E-state index in [1.807, 2.05) is 0 Å². The summed E-state index contributed by atoms with van der Waals surface area (Å²) in [6, 6.07) is 1.55. The molecule has 138 valence electrons. The fraction of sp³-hybridized carbons (Fsp3) is 0.444. The van der Waals surface area contributed by atoms with Gasteiger partial charge in [0.25, 0.3) is 10.0 Å². The molecule has 2 aliphatic carbocycles. The monoisotopic (exact) mass is 374 g/mol.